The van der Waals surface area contributed by atoms with Crippen molar-refractivity contribution in [2.24, 2.45) is 14.1 Å². The van der Waals surface area contributed by atoms with Crippen molar-refractivity contribution < 1.29 is 14.5 Å². The van der Waals surface area contributed by atoms with E-state index in [0.717, 1.165) is 0 Å². The second-order valence-corrected chi connectivity index (χ2v) is 3.71. The Labute approximate surface area is 94.3 Å². The summed E-state index contributed by atoms with van der Waals surface area (Å²) >= 11 is 0. The summed E-state index contributed by atoms with van der Waals surface area (Å²) in [6.07, 6.45) is 1.52. The summed E-state index contributed by atoms with van der Waals surface area (Å²) < 4.78 is 3.41. The highest BCUT2D eigenvalue weighted by Crippen LogP contribution is 1.96. The second kappa shape index (κ2) is 3.58. The molecule has 8 nitrogen and oxygen atoms in total. The maximum atomic E-state index is 12.0. The van der Waals surface area contributed by atoms with Crippen LogP contribution in [0.1, 0.15) is 0 Å². The molecule has 0 aliphatic rings. The number of aryl methyl sites for hydroxylation is 2. The normalized spacial score (nSPS) is 10.9. The molecule has 90 valence electrons. The number of carboxylic acids is 1. The lowest BCUT2D eigenvalue weighted by Gasteiger charge is -2.03. The Bertz CT molecular complexity index is 721. The minimum Gasteiger partial charge on any atom is -0.480 e. The Morgan fingerprint density at radius 1 is 1.53 bits per heavy atom. The molecule has 17 heavy (non-hydrogen) atoms. The summed E-state index contributed by atoms with van der Waals surface area (Å²) in [5.74, 6) is -1.23. The van der Waals surface area contributed by atoms with E-state index >= 15 is 0 Å². The van der Waals surface area contributed by atoms with Gasteiger partial charge >= 0.3 is 17.2 Å². The smallest absolute Gasteiger partial charge is 0.334 e. The molecular weight excluding hydrogens is 228 g/mol. The number of hydrogen-bond donors (Lipinski definition) is 2. The van der Waals surface area contributed by atoms with Gasteiger partial charge in [-0.3, -0.25) is 14.2 Å². The summed E-state index contributed by atoms with van der Waals surface area (Å²) in [4.78, 5) is 37.2. The Balaban J connectivity index is 2.94. The van der Waals surface area contributed by atoms with Crippen LogP contribution >= 0.6 is 0 Å². The van der Waals surface area contributed by atoms with Crippen molar-refractivity contribution in [1.82, 2.24) is 14.1 Å². The molecule has 0 fully saturated rings. The first-order chi connectivity index (χ1) is 7.93. The molecular formula is C9H11N4O4+. The van der Waals surface area contributed by atoms with Gasteiger partial charge in [-0.15, -0.1) is 0 Å². The van der Waals surface area contributed by atoms with Gasteiger partial charge in [0.05, 0.1) is 7.05 Å². The van der Waals surface area contributed by atoms with Crippen LogP contribution in [0.3, 0.4) is 0 Å². The molecule has 0 atom stereocenters. The van der Waals surface area contributed by atoms with E-state index in [4.69, 9.17) is 5.11 Å². The fourth-order valence-electron chi connectivity index (χ4n) is 1.73. The van der Waals surface area contributed by atoms with Crippen LogP contribution in [-0.2, 0) is 25.4 Å². The summed E-state index contributed by atoms with van der Waals surface area (Å²) in [6, 6.07) is 0. The van der Waals surface area contributed by atoms with Crippen LogP contribution in [-0.4, -0.2) is 25.2 Å². The van der Waals surface area contributed by atoms with Crippen molar-refractivity contribution in [2.75, 3.05) is 0 Å². The monoisotopic (exact) mass is 239 g/mol. The van der Waals surface area contributed by atoms with Gasteiger partial charge in [0.1, 0.15) is 6.54 Å². The first-order valence-electron chi connectivity index (χ1n) is 4.82. The van der Waals surface area contributed by atoms with E-state index in [1.807, 2.05) is 0 Å². The molecule has 0 saturated carbocycles. The molecule has 0 aliphatic heterocycles. The fraction of sp³-hybridized carbons (Fsp3) is 0.333. The van der Waals surface area contributed by atoms with E-state index in [-0.39, 0.29) is 5.52 Å². The third-order valence-electron chi connectivity index (χ3n) is 2.57. The number of H-pyrrole nitrogens is 1. The van der Waals surface area contributed by atoms with Crippen molar-refractivity contribution in [3.63, 3.8) is 0 Å². The van der Waals surface area contributed by atoms with Crippen LogP contribution < -0.4 is 15.8 Å². The van der Waals surface area contributed by atoms with Gasteiger partial charge in [0.2, 0.25) is 6.33 Å². The van der Waals surface area contributed by atoms with Gasteiger partial charge in [0.25, 0.3) is 11.2 Å². The number of imidazole rings is 1. The molecule has 0 aromatic carbocycles. The average Bonchev–Trinajstić information content (AvgIpc) is 2.63. The Kier molecular flexibility index (Phi) is 2.34. The highest BCUT2D eigenvalue weighted by molar-refractivity contribution is 5.68. The van der Waals surface area contributed by atoms with Crippen molar-refractivity contribution >= 4 is 17.1 Å². The van der Waals surface area contributed by atoms with E-state index in [0.29, 0.717) is 10.2 Å². The van der Waals surface area contributed by atoms with Crippen molar-refractivity contribution in [3.05, 3.63) is 27.2 Å². The van der Waals surface area contributed by atoms with Gasteiger partial charge in [-0.1, -0.05) is 0 Å². The summed E-state index contributed by atoms with van der Waals surface area (Å²) in [5.41, 5.74) is -0.654. The van der Waals surface area contributed by atoms with Crippen LogP contribution in [0.5, 0.6) is 0 Å². The first-order valence-corrected chi connectivity index (χ1v) is 4.82. The molecule has 0 aliphatic carbocycles. The van der Waals surface area contributed by atoms with Gasteiger partial charge in [-0.05, 0) is 0 Å². The maximum Gasteiger partial charge on any atom is 0.334 e. The second-order valence-electron chi connectivity index (χ2n) is 3.71. The number of rotatable bonds is 2. The number of nitrogens with zero attached hydrogens (tertiary/aromatic N) is 3. The van der Waals surface area contributed by atoms with Gasteiger partial charge in [0, 0.05) is 7.05 Å². The first kappa shape index (κ1) is 11.1. The molecule has 8 heteroatoms. The topological polar surface area (TPSA) is 101 Å². The van der Waals surface area contributed by atoms with Crippen LogP contribution in [0.2, 0.25) is 0 Å². The predicted octanol–water partition coefficient (Wildman–Crippen LogP) is -2.06. The van der Waals surface area contributed by atoms with Gasteiger partial charge < -0.3 is 5.11 Å². The quantitative estimate of drug-likeness (QED) is 0.588. The summed E-state index contributed by atoms with van der Waals surface area (Å²) in [5, 5.41) is 8.68. The molecule has 2 aromatic heterocycles. The molecule has 2 heterocycles. The summed E-state index contributed by atoms with van der Waals surface area (Å²) in [7, 11) is 3.11. The standard InChI is InChI=1S/C9H10N4O4/c1-11-4-10-7-6(11)8(16)13(3-5(14)15)9(17)12(7)2/h4H,3H2,1-2H3,(H,14,15)/p+1. The molecule has 0 bridgehead atoms. The van der Waals surface area contributed by atoms with E-state index in [9.17, 15) is 14.4 Å². The van der Waals surface area contributed by atoms with Crippen LogP contribution in [0.25, 0.3) is 11.2 Å². The molecule has 2 N–H and O–H groups in total. The van der Waals surface area contributed by atoms with E-state index in [2.05, 4.69) is 4.98 Å². The van der Waals surface area contributed by atoms with Crippen LogP contribution in [0, 0.1) is 0 Å². The third kappa shape index (κ3) is 1.53. The molecule has 2 rings (SSSR count). The lowest BCUT2D eigenvalue weighted by molar-refractivity contribution is -0.645. The molecule has 0 radical (unpaired) electrons. The fourth-order valence-corrected chi connectivity index (χ4v) is 1.73. The van der Waals surface area contributed by atoms with Crippen LogP contribution in [0.4, 0.5) is 0 Å². The maximum absolute atomic E-state index is 12.0. The number of aromatic amines is 1. The zero-order valence-electron chi connectivity index (χ0n) is 9.30. The molecule has 0 unspecified atom stereocenters. The van der Waals surface area contributed by atoms with Crippen molar-refractivity contribution in [2.45, 2.75) is 6.54 Å². The molecule has 0 amide bonds. The predicted molar refractivity (Wildman–Crippen MR) is 56.6 cm³/mol. The van der Waals surface area contributed by atoms with Gasteiger partial charge in [-0.2, -0.15) is 0 Å². The molecule has 0 saturated heterocycles. The zero-order valence-corrected chi connectivity index (χ0v) is 9.30. The molecule has 2 aromatic rings. The minimum absolute atomic E-state index is 0.258. The average molecular weight is 239 g/mol. The number of carbonyl (C=O) groups is 1. The SMILES string of the molecule is Cn1c(=O)n(CC(=O)O)c(=O)c2c1[nH]c[n+]2C. The van der Waals surface area contributed by atoms with Crippen molar-refractivity contribution in [1.29, 1.82) is 0 Å². The Morgan fingerprint density at radius 3 is 2.76 bits per heavy atom. The van der Waals surface area contributed by atoms with Gasteiger partial charge in [-0.25, -0.2) is 18.9 Å². The lowest BCUT2D eigenvalue weighted by Crippen LogP contribution is -2.44. The van der Waals surface area contributed by atoms with E-state index in [1.54, 1.807) is 7.05 Å². The number of aliphatic carboxylic acids is 1. The van der Waals surface area contributed by atoms with E-state index in [1.165, 1.54) is 22.5 Å². The highest BCUT2D eigenvalue weighted by atomic mass is 16.4. The Morgan fingerprint density at radius 2 is 2.18 bits per heavy atom. The minimum atomic E-state index is -1.23. The summed E-state index contributed by atoms with van der Waals surface area (Å²) in [6.45, 7) is -0.646. The Hall–Kier alpha value is -2.38. The highest BCUT2D eigenvalue weighted by Gasteiger charge is 2.20. The molecule has 0 spiro atoms. The lowest BCUT2D eigenvalue weighted by atomic mass is 10.5. The van der Waals surface area contributed by atoms with E-state index < -0.39 is 23.8 Å². The number of fused-ring (bicyclic) bond motifs is 1. The third-order valence-corrected chi connectivity index (χ3v) is 2.57. The number of nitrogens with one attached hydrogen (secondary N) is 1. The number of hydrogen-bond acceptors (Lipinski definition) is 3. The number of carboxylic acid groups (broad SMARTS) is 1. The zero-order chi connectivity index (χ0) is 12.7. The van der Waals surface area contributed by atoms with Gasteiger partial charge in [0.15, 0.2) is 0 Å². The largest absolute Gasteiger partial charge is 0.480 e. The van der Waals surface area contributed by atoms with Crippen LogP contribution in [0.15, 0.2) is 15.9 Å². The number of aromatic nitrogens is 4. The van der Waals surface area contributed by atoms with Crippen molar-refractivity contribution in [3.8, 4) is 0 Å².